The zero-order valence-electron chi connectivity index (χ0n) is 18.0. The van der Waals surface area contributed by atoms with E-state index in [9.17, 15) is 9.59 Å². The van der Waals surface area contributed by atoms with Crippen LogP contribution in [0, 0.1) is 34.6 Å². The Labute approximate surface area is 176 Å². The first kappa shape index (κ1) is 21.2. The SMILES string of the molecule is Cc1cc(C)c(NC(=O)COc2ccc(C(=O)Nn3c(C)ccc3C)cc2)c(C)c1. The van der Waals surface area contributed by atoms with Crippen LogP contribution in [0.1, 0.15) is 38.4 Å². The number of nitrogens with one attached hydrogen (secondary N) is 2. The lowest BCUT2D eigenvalue weighted by molar-refractivity contribution is -0.118. The molecule has 2 amide bonds. The summed E-state index contributed by atoms with van der Waals surface area (Å²) in [6.07, 6.45) is 0. The molecular weight excluding hydrogens is 378 g/mol. The second-order valence-electron chi connectivity index (χ2n) is 7.53. The highest BCUT2D eigenvalue weighted by molar-refractivity contribution is 6.00. The summed E-state index contributed by atoms with van der Waals surface area (Å²) in [5.74, 6) is 0.0739. The molecule has 0 radical (unpaired) electrons. The molecule has 156 valence electrons. The summed E-state index contributed by atoms with van der Waals surface area (Å²) in [6.45, 7) is 9.71. The number of ether oxygens (including phenoxy) is 1. The number of carbonyl (C=O) groups is 2. The summed E-state index contributed by atoms with van der Waals surface area (Å²) in [5, 5.41) is 2.91. The van der Waals surface area contributed by atoms with E-state index in [1.165, 1.54) is 0 Å². The van der Waals surface area contributed by atoms with Gasteiger partial charge in [0.25, 0.3) is 11.8 Å². The van der Waals surface area contributed by atoms with Crippen molar-refractivity contribution in [2.75, 3.05) is 17.3 Å². The minimum atomic E-state index is -0.231. The van der Waals surface area contributed by atoms with Crippen LogP contribution in [0.15, 0.2) is 48.5 Å². The highest BCUT2D eigenvalue weighted by Crippen LogP contribution is 2.22. The van der Waals surface area contributed by atoms with Crippen LogP contribution < -0.4 is 15.5 Å². The molecule has 0 aliphatic carbocycles. The van der Waals surface area contributed by atoms with Crippen LogP contribution >= 0.6 is 0 Å². The maximum atomic E-state index is 12.4. The molecule has 0 saturated heterocycles. The van der Waals surface area contributed by atoms with Gasteiger partial charge in [-0.1, -0.05) is 17.7 Å². The van der Waals surface area contributed by atoms with Crippen molar-refractivity contribution < 1.29 is 14.3 Å². The van der Waals surface area contributed by atoms with E-state index in [1.807, 2.05) is 58.9 Å². The molecule has 3 rings (SSSR count). The lowest BCUT2D eigenvalue weighted by Crippen LogP contribution is -2.24. The molecule has 0 unspecified atom stereocenters. The molecule has 6 nitrogen and oxygen atoms in total. The molecule has 0 aliphatic heterocycles. The predicted molar refractivity (Wildman–Crippen MR) is 119 cm³/mol. The highest BCUT2D eigenvalue weighted by Gasteiger charge is 2.11. The van der Waals surface area contributed by atoms with E-state index < -0.39 is 0 Å². The lowest BCUT2D eigenvalue weighted by Gasteiger charge is -2.14. The van der Waals surface area contributed by atoms with Crippen LogP contribution in [-0.2, 0) is 4.79 Å². The van der Waals surface area contributed by atoms with Crippen LogP contribution in [0.25, 0.3) is 0 Å². The van der Waals surface area contributed by atoms with Crippen LogP contribution in [-0.4, -0.2) is 23.1 Å². The van der Waals surface area contributed by atoms with E-state index in [1.54, 1.807) is 28.9 Å². The number of carbonyl (C=O) groups excluding carboxylic acids is 2. The molecule has 0 fully saturated rings. The average Bonchev–Trinajstić information content (AvgIpc) is 3.01. The third kappa shape index (κ3) is 4.89. The number of hydrogen-bond donors (Lipinski definition) is 2. The second kappa shape index (κ2) is 8.86. The first-order valence-electron chi connectivity index (χ1n) is 9.81. The van der Waals surface area contributed by atoms with Gasteiger partial charge in [-0.25, -0.2) is 0 Å². The summed E-state index contributed by atoms with van der Waals surface area (Å²) in [6, 6.07) is 14.7. The summed E-state index contributed by atoms with van der Waals surface area (Å²) < 4.78 is 7.32. The number of aryl methyl sites for hydroxylation is 5. The Morgan fingerprint density at radius 1 is 0.867 bits per heavy atom. The number of aromatic nitrogens is 1. The zero-order chi connectivity index (χ0) is 21.8. The van der Waals surface area contributed by atoms with Crippen molar-refractivity contribution in [1.82, 2.24) is 4.68 Å². The monoisotopic (exact) mass is 405 g/mol. The van der Waals surface area contributed by atoms with E-state index in [2.05, 4.69) is 10.7 Å². The van der Waals surface area contributed by atoms with Gasteiger partial charge in [-0.05, 0) is 82.1 Å². The molecular formula is C24H27N3O3. The van der Waals surface area contributed by atoms with E-state index in [0.717, 1.165) is 33.8 Å². The fourth-order valence-corrected chi connectivity index (χ4v) is 3.42. The smallest absolute Gasteiger partial charge is 0.270 e. The van der Waals surface area contributed by atoms with Gasteiger partial charge in [-0.2, -0.15) is 0 Å². The Hall–Kier alpha value is -3.54. The fraction of sp³-hybridized carbons (Fsp3) is 0.250. The normalized spacial score (nSPS) is 10.6. The molecule has 1 aromatic heterocycles. The molecule has 0 spiro atoms. The van der Waals surface area contributed by atoms with Crippen LogP contribution in [0.4, 0.5) is 5.69 Å². The van der Waals surface area contributed by atoms with Gasteiger partial charge >= 0.3 is 0 Å². The molecule has 0 saturated carbocycles. The van der Waals surface area contributed by atoms with Crippen molar-refractivity contribution in [2.45, 2.75) is 34.6 Å². The summed E-state index contributed by atoms with van der Waals surface area (Å²) >= 11 is 0. The van der Waals surface area contributed by atoms with Crippen molar-refractivity contribution in [3.8, 4) is 5.75 Å². The van der Waals surface area contributed by atoms with Gasteiger partial charge in [0, 0.05) is 22.6 Å². The molecule has 0 bridgehead atoms. The Bertz CT molecular complexity index is 1040. The zero-order valence-corrected chi connectivity index (χ0v) is 18.0. The Kier molecular flexibility index (Phi) is 6.26. The van der Waals surface area contributed by atoms with Crippen LogP contribution in [0.3, 0.4) is 0 Å². The maximum absolute atomic E-state index is 12.4. The minimum absolute atomic E-state index is 0.111. The number of anilines is 1. The van der Waals surface area contributed by atoms with Crippen molar-refractivity contribution in [1.29, 1.82) is 0 Å². The molecule has 3 aromatic rings. The van der Waals surface area contributed by atoms with Gasteiger partial charge in [0.2, 0.25) is 0 Å². The average molecular weight is 405 g/mol. The van der Waals surface area contributed by atoms with Crippen molar-refractivity contribution in [3.05, 3.63) is 82.2 Å². The molecule has 2 N–H and O–H groups in total. The van der Waals surface area contributed by atoms with E-state index >= 15 is 0 Å². The molecule has 6 heteroatoms. The Balaban J connectivity index is 1.57. The Morgan fingerprint density at radius 2 is 1.43 bits per heavy atom. The maximum Gasteiger partial charge on any atom is 0.270 e. The van der Waals surface area contributed by atoms with Gasteiger partial charge in [0.05, 0.1) is 0 Å². The second-order valence-corrected chi connectivity index (χ2v) is 7.53. The first-order valence-corrected chi connectivity index (χ1v) is 9.81. The quantitative estimate of drug-likeness (QED) is 0.637. The van der Waals surface area contributed by atoms with Crippen LogP contribution in [0.5, 0.6) is 5.75 Å². The molecule has 0 aliphatic rings. The fourth-order valence-electron chi connectivity index (χ4n) is 3.42. The van der Waals surface area contributed by atoms with Crippen molar-refractivity contribution in [2.24, 2.45) is 0 Å². The van der Waals surface area contributed by atoms with Gasteiger partial charge in [-0.15, -0.1) is 0 Å². The van der Waals surface area contributed by atoms with Gasteiger partial charge in [-0.3, -0.25) is 19.7 Å². The number of amides is 2. The molecule has 30 heavy (non-hydrogen) atoms. The standard InChI is InChI=1S/C24H27N3O3/c1-15-12-16(2)23(17(3)13-15)25-22(28)14-30-21-10-8-20(9-11-21)24(29)26-27-18(4)6-7-19(27)5/h6-13H,14H2,1-5H3,(H,25,28)(H,26,29). The highest BCUT2D eigenvalue weighted by atomic mass is 16.5. The summed E-state index contributed by atoms with van der Waals surface area (Å²) in [5.41, 5.74) is 9.27. The molecule has 2 aromatic carbocycles. The van der Waals surface area contributed by atoms with Gasteiger partial charge in [0.1, 0.15) is 5.75 Å². The number of hydrogen-bond acceptors (Lipinski definition) is 3. The van der Waals surface area contributed by atoms with E-state index in [0.29, 0.717) is 11.3 Å². The van der Waals surface area contributed by atoms with Crippen molar-refractivity contribution >= 4 is 17.5 Å². The summed E-state index contributed by atoms with van der Waals surface area (Å²) in [4.78, 5) is 24.7. The van der Waals surface area contributed by atoms with E-state index in [-0.39, 0.29) is 18.4 Å². The molecule has 1 heterocycles. The third-order valence-corrected chi connectivity index (χ3v) is 4.91. The number of nitrogens with zero attached hydrogens (tertiary/aromatic N) is 1. The van der Waals surface area contributed by atoms with Crippen molar-refractivity contribution in [3.63, 3.8) is 0 Å². The lowest BCUT2D eigenvalue weighted by atomic mass is 10.1. The van der Waals surface area contributed by atoms with Gasteiger partial charge < -0.3 is 10.1 Å². The Morgan fingerprint density at radius 3 is 2.00 bits per heavy atom. The minimum Gasteiger partial charge on any atom is -0.484 e. The summed E-state index contributed by atoms with van der Waals surface area (Å²) in [7, 11) is 0. The third-order valence-electron chi connectivity index (χ3n) is 4.91. The van der Waals surface area contributed by atoms with Gasteiger partial charge in [0.15, 0.2) is 6.61 Å². The molecule has 0 atom stereocenters. The predicted octanol–water partition coefficient (Wildman–Crippen LogP) is 4.43. The van der Waals surface area contributed by atoms with Crippen LogP contribution in [0.2, 0.25) is 0 Å². The van der Waals surface area contributed by atoms with E-state index in [4.69, 9.17) is 4.74 Å². The number of rotatable bonds is 6. The first-order chi connectivity index (χ1) is 14.2. The topological polar surface area (TPSA) is 72.4 Å². The number of benzene rings is 2. The largest absolute Gasteiger partial charge is 0.484 e.